The molecule has 0 spiro atoms. The second-order valence-corrected chi connectivity index (χ2v) is 9.95. The summed E-state index contributed by atoms with van der Waals surface area (Å²) in [5.74, 6) is -0.191. The van der Waals surface area contributed by atoms with Gasteiger partial charge in [-0.1, -0.05) is 0 Å². The zero-order valence-electron chi connectivity index (χ0n) is 16.0. The molecule has 4 heteroatoms. The molecule has 1 fully saturated rings. The zero-order valence-corrected chi connectivity index (χ0v) is 17.7. The van der Waals surface area contributed by atoms with Gasteiger partial charge in [0.25, 0.3) is 0 Å². The Kier molecular flexibility index (Phi) is 6.13. The van der Waals surface area contributed by atoms with Crippen LogP contribution in [0.15, 0.2) is 54.6 Å². The molecule has 3 aromatic rings. The summed E-state index contributed by atoms with van der Waals surface area (Å²) in [5.41, 5.74) is 4.97. The Bertz CT molecular complexity index is 932. The normalized spacial score (nSPS) is 19.7. The van der Waals surface area contributed by atoms with Crippen LogP contribution in [0.3, 0.4) is 0 Å². The molecule has 0 radical (unpaired) electrons. The van der Waals surface area contributed by atoms with E-state index >= 15 is 0 Å². The maximum absolute atomic E-state index is 13.2. The van der Waals surface area contributed by atoms with Gasteiger partial charge in [0.2, 0.25) is 0 Å². The fourth-order valence-corrected chi connectivity index (χ4v) is 5.97. The third kappa shape index (κ3) is 4.47. The summed E-state index contributed by atoms with van der Waals surface area (Å²) >= 11 is 0.267. The molecule has 2 nitrogen and oxygen atoms in total. The van der Waals surface area contributed by atoms with Gasteiger partial charge in [-0.2, -0.15) is 0 Å². The van der Waals surface area contributed by atoms with E-state index in [0.29, 0.717) is 0 Å². The fraction of sp³-hybridized carbons (Fsp3) is 0.333. The summed E-state index contributed by atoms with van der Waals surface area (Å²) < 4.78 is 22.0. The third-order valence-electron chi connectivity index (χ3n) is 5.45. The first-order valence-electron chi connectivity index (χ1n) is 9.83. The quantitative estimate of drug-likeness (QED) is 0.560. The molecule has 1 N–H and O–H groups in total. The van der Waals surface area contributed by atoms with E-state index in [2.05, 4.69) is 37.3 Å². The monoisotopic (exact) mass is 444 g/mol. The maximum atomic E-state index is 13.2. The van der Waals surface area contributed by atoms with Gasteiger partial charge in [-0.15, -0.1) is 0 Å². The predicted octanol–water partition coefficient (Wildman–Crippen LogP) is 5.05. The van der Waals surface area contributed by atoms with Crippen LogP contribution in [0.2, 0.25) is 0 Å². The molecule has 0 aliphatic carbocycles. The number of hydrogen-bond donors (Lipinski definition) is 1. The summed E-state index contributed by atoms with van der Waals surface area (Å²) in [4.78, 5) is 0. The van der Waals surface area contributed by atoms with Crippen LogP contribution in [0.25, 0.3) is 10.0 Å². The zero-order chi connectivity index (χ0) is 19.5. The molecule has 2 atom stereocenters. The number of aryl methyl sites for hydroxylation is 1. The first-order valence-corrected chi connectivity index (χ1v) is 11.5. The van der Waals surface area contributed by atoms with E-state index in [4.69, 9.17) is 4.74 Å². The van der Waals surface area contributed by atoms with E-state index < -0.39 is 0 Å². The number of halogens is 1. The van der Waals surface area contributed by atoms with Crippen molar-refractivity contribution < 1.29 is 14.2 Å². The van der Waals surface area contributed by atoms with Crippen LogP contribution >= 0.6 is 0 Å². The van der Waals surface area contributed by atoms with Crippen LogP contribution < -0.4 is 0 Å². The van der Waals surface area contributed by atoms with Gasteiger partial charge in [-0.25, -0.2) is 0 Å². The van der Waals surface area contributed by atoms with Crippen molar-refractivity contribution in [3.63, 3.8) is 0 Å². The Hall–Kier alpha value is -1.71. The van der Waals surface area contributed by atoms with Crippen LogP contribution in [0.5, 0.6) is 0 Å². The molecular formula is C24H25FO2Se. The number of benzene rings is 2. The van der Waals surface area contributed by atoms with Crippen molar-refractivity contribution in [1.29, 1.82) is 0 Å². The molecule has 0 amide bonds. The summed E-state index contributed by atoms with van der Waals surface area (Å²) in [7, 11) is 0. The minimum absolute atomic E-state index is 0.0353. The van der Waals surface area contributed by atoms with Crippen LogP contribution in [0.4, 0.5) is 4.39 Å². The molecule has 1 aromatic heterocycles. The molecule has 1 aliphatic rings. The van der Waals surface area contributed by atoms with E-state index in [-0.39, 0.29) is 39.1 Å². The Morgan fingerprint density at radius 3 is 2.68 bits per heavy atom. The van der Waals surface area contributed by atoms with E-state index in [1.165, 1.54) is 37.7 Å². The third-order valence-corrected chi connectivity index (χ3v) is 7.83. The number of aliphatic hydroxyl groups is 1. The van der Waals surface area contributed by atoms with Gasteiger partial charge in [-0.3, -0.25) is 0 Å². The average Bonchev–Trinajstić information content (AvgIpc) is 3.19. The van der Waals surface area contributed by atoms with Crippen molar-refractivity contribution in [2.24, 2.45) is 0 Å². The standard InChI is InChI=1S/C24H25FO2Se/c1-16-5-6-18(23-4-2-3-21(15-26)27-23)13-19(16)14-22-11-12-24(28-22)17-7-9-20(25)10-8-17/h5-13,21,23,26H,2-4,14-15H2,1H3. The molecule has 1 saturated heterocycles. The molecular weight excluding hydrogens is 418 g/mol. The minimum atomic E-state index is -0.191. The first kappa shape index (κ1) is 19.6. The molecule has 28 heavy (non-hydrogen) atoms. The van der Waals surface area contributed by atoms with Gasteiger partial charge in [0.15, 0.2) is 0 Å². The van der Waals surface area contributed by atoms with E-state index in [1.54, 1.807) is 0 Å². The molecule has 0 bridgehead atoms. The van der Waals surface area contributed by atoms with Crippen molar-refractivity contribution in [3.05, 3.63) is 81.5 Å². The van der Waals surface area contributed by atoms with E-state index in [0.717, 1.165) is 31.2 Å². The SMILES string of the molecule is Cc1ccc(C2CCCC(CO)O2)cc1Cc1ccc(-c2ccc(F)cc2)[se]1. The summed E-state index contributed by atoms with van der Waals surface area (Å²) in [6.45, 7) is 2.26. The van der Waals surface area contributed by atoms with Gasteiger partial charge in [0, 0.05) is 0 Å². The number of aliphatic hydroxyl groups excluding tert-OH is 1. The van der Waals surface area contributed by atoms with Gasteiger partial charge in [-0.05, 0) is 0 Å². The van der Waals surface area contributed by atoms with Gasteiger partial charge in [0.1, 0.15) is 0 Å². The molecule has 2 aromatic carbocycles. The summed E-state index contributed by atoms with van der Waals surface area (Å²) in [6, 6.07) is 17.8. The topological polar surface area (TPSA) is 29.5 Å². The van der Waals surface area contributed by atoms with E-state index in [1.807, 2.05) is 12.1 Å². The first-order chi connectivity index (χ1) is 13.6. The van der Waals surface area contributed by atoms with Gasteiger partial charge in [0.05, 0.1) is 0 Å². The Labute approximate surface area is 171 Å². The van der Waals surface area contributed by atoms with Crippen LogP contribution in [-0.2, 0) is 11.2 Å². The van der Waals surface area contributed by atoms with Crippen molar-refractivity contribution in [2.75, 3.05) is 6.61 Å². The van der Waals surface area contributed by atoms with Crippen molar-refractivity contribution in [2.45, 2.75) is 44.8 Å². The molecule has 2 unspecified atom stereocenters. The van der Waals surface area contributed by atoms with Crippen molar-refractivity contribution in [1.82, 2.24) is 0 Å². The molecule has 2 heterocycles. The fourth-order valence-electron chi connectivity index (χ4n) is 3.79. The van der Waals surface area contributed by atoms with Crippen LogP contribution in [-0.4, -0.2) is 32.3 Å². The van der Waals surface area contributed by atoms with Crippen LogP contribution in [0, 0.1) is 12.7 Å². The van der Waals surface area contributed by atoms with Gasteiger partial charge >= 0.3 is 172 Å². The molecule has 146 valence electrons. The van der Waals surface area contributed by atoms with E-state index in [9.17, 15) is 9.50 Å². The summed E-state index contributed by atoms with van der Waals surface area (Å²) in [5, 5.41) is 9.42. The second kappa shape index (κ2) is 8.75. The second-order valence-electron chi connectivity index (χ2n) is 7.50. The Balaban J connectivity index is 1.52. The Morgan fingerprint density at radius 1 is 1.07 bits per heavy atom. The number of rotatable bonds is 5. The molecule has 0 saturated carbocycles. The van der Waals surface area contributed by atoms with Crippen molar-refractivity contribution in [3.8, 4) is 10.0 Å². The van der Waals surface area contributed by atoms with Crippen molar-refractivity contribution >= 4 is 14.5 Å². The molecule has 4 rings (SSSR count). The van der Waals surface area contributed by atoms with Gasteiger partial charge < -0.3 is 0 Å². The number of ether oxygens (including phenoxy) is 1. The number of hydrogen-bond acceptors (Lipinski definition) is 2. The predicted molar refractivity (Wildman–Crippen MR) is 111 cm³/mol. The average molecular weight is 443 g/mol. The Morgan fingerprint density at radius 2 is 1.89 bits per heavy atom. The summed E-state index contributed by atoms with van der Waals surface area (Å²) in [6.07, 6.45) is 4.05. The van der Waals surface area contributed by atoms with Crippen LogP contribution in [0.1, 0.15) is 46.5 Å². The molecule has 1 aliphatic heterocycles.